The van der Waals surface area contributed by atoms with Crippen LogP contribution in [0, 0.1) is 0 Å². The SMILES string of the molecule is O=C(NCc1nc(-c2ccncc2)no1)c1cccc2n[nH]nc12. The van der Waals surface area contributed by atoms with Gasteiger partial charge < -0.3 is 9.84 Å². The molecule has 3 aromatic heterocycles. The molecule has 3 heterocycles. The van der Waals surface area contributed by atoms with Crippen molar-refractivity contribution in [1.82, 2.24) is 35.9 Å². The van der Waals surface area contributed by atoms with E-state index in [1.807, 2.05) is 0 Å². The Bertz CT molecular complexity index is 993. The number of H-pyrrole nitrogens is 1. The van der Waals surface area contributed by atoms with Gasteiger partial charge in [-0.1, -0.05) is 11.2 Å². The van der Waals surface area contributed by atoms with Gasteiger partial charge in [-0.25, -0.2) is 0 Å². The van der Waals surface area contributed by atoms with Gasteiger partial charge in [-0.05, 0) is 24.3 Å². The molecule has 0 aliphatic rings. The molecule has 4 rings (SSSR count). The fourth-order valence-corrected chi connectivity index (χ4v) is 2.25. The molecule has 0 bridgehead atoms. The van der Waals surface area contributed by atoms with Gasteiger partial charge in [-0.2, -0.15) is 20.4 Å². The number of nitrogens with one attached hydrogen (secondary N) is 2. The minimum absolute atomic E-state index is 0.116. The third kappa shape index (κ3) is 2.58. The monoisotopic (exact) mass is 321 g/mol. The van der Waals surface area contributed by atoms with Crippen molar-refractivity contribution in [2.75, 3.05) is 0 Å². The third-order valence-corrected chi connectivity index (χ3v) is 3.40. The van der Waals surface area contributed by atoms with Crippen molar-refractivity contribution in [3.63, 3.8) is 0 Å². The van der Waals surface area contributed by atoms with Crippen LogP contribution < -0.4 is 5.32 Å². The molecule has 2 N–H and O–H groups in total. The maximum atomic E-state index is 12.3. The molecular weight excluding hydrogens is 310 g/mol. The number of nitrogens with zero attached hydrogens (tertiary/aromatic N) is 5. The summed E-state index contributed by atoms with van der Waals surface area (Å²) < 4.78 is 5.15. The molecule has 0 aliphatic carbocycles. The first-order valence-corrected chi connectivity index (χ1v) is 7.12. The summed E-state index contributed by atoms with van der Waals surface area (Å²) in [7, 11) is 0. The molecule has 1 aromatic carbocycles. The number of benzene rings is 1. The molecule has 0 fully saturated rings. The number of pyridine rings is 1. The normalized spacial score (nSPS) is 10.8. The molecule has 1 amide bonds. The molecule has 0 saturated carbocycles. The molecule has 9 nitrogen and oxygen atoms in total. The van der Waals surface area contributed by atoms with Gasteiger partial charge in [-0.15, -0.1) is 0 Å². The Balaban J connectivity index is 1.48. The van der Waals surface area contributed by atoms with E-state index in [2.05, 4.69) is 35.9 Å². The molecule has 9 heteroatoms. The molecule has 0 atom stereocenters. The van der Waals surface area contributed by atoms with Crippen LogP contribution in [0.25, 0.3) is 22.4 Å². The van der Waals surface area contributed by atoms with Gasteiger partial charge in [-0.3, -0.25) is 9.78 Å². The number of para-hydroxylation sites is 1. The highest BCUT2D eigenvalue weighted by Crippen LogP contribution is 2.15. The van der Waals surface area contributed by atoms with E-state index in [9.17, 15) is 4.79 Å². The summed E-state index contributed by atoms with van der Waals surface area (Å²) in [4.78, 5) is 20.5. The molecule has 0 saturated heterocycles. The Morgan fingerprint density at radius 1 is 1.17 bits per heavy atom. The smallest absolute Gasteiger partial charge is 0.254 e. The van der Waals surface area contributed by atoms with Crippen LogP contribution >= 0.6 is 0 Å². The molecule has 24 heavy (non-hydrogen) atoms. The van der Waals surface area contributed by atoms with Gasteiger partial charge in [0.15, 0.2) is 0 Å². The zero-order valence-corrected chi connectivity index (χ0v) is 12.3. The summed E-state index contributed by atoms with van der Waals surface area (Å²) in [5.41, 5.74) is 2.35. The highest BCUT2D eigenvalue weighted by molar-refractivity contribution is 6.04. The second kappa shape index (κ2) is 5.88. The largest absolute Gasteiger partial charge is 0.343 e. The Morgan fingerprint density at radius 3 is 2.92 bits per heavy atom. The van der Waals surface area contributed by atoms with Crippen molar-refractivity contribution >= 4 is 16.9 Å². The summed E-state index contributed by atoms with van der Waals surface area (Å²) in [6.45, 7) is 0.116. The average Bonchev–Trinajstić information content (AvgIpc) is 3.29. The maximum Gasteiger partial charge on any atom is 0.254 e. The van der Waals surface area contributed by atoms with Gasteiger partial charge in [0.25, 0.3) is 5.91 Å². The van der Waals surface area contributed by atoms with Crippen molar-refractivity contribution < 1.29 is 9.32 Å². The number of amides is 1. The van der Waals surface area contributed by atoms with E-state index < -0.39 is 0 Å². The van der Waals surface area contributed by atoms with Gasteiger partial charge in [0, 0.05) is 18.0 Å². The van der Waals surface area contributed by atoms with Crippen molar-refractivity contribution in [1.29, 1.82) is 0 Å². The second-order valence-electron chi connectivity index (χ2n) is 4.93. The van der Waals surface area contributed by atoms with Crippen molar-refractivity contribution in [3.8, 4) is 11.4 Å². The van der Waals surface area contributed by atoms with Gasteiger partial charge in [0.2, 0.25) is 11.7 Å². The zero-order valence-electron chi connectivity index (χ0n) is 12.3. The predicted molar refractivity (Wildman–Crippen MR) is 82.6 cm³/mol. The molecule has 4 aromatic rings. The van der Waals surface area contributed by atoms with E-state index >= 15 is 0 Å². The van der Waals surface area contributed by atoms with Crippen molar-refractivity contribution in [3.05, 3.63) is 54.2 Å². The number of carbonyl (C=O) groups is 1. The van der Waals surface area contributed by atoms with Crippen LogP contribution in [0.5, 0.6) is 0 Å². The molecule has 118 valence electrons. The van der Waals surface area contributed by atoms with Crippen LogP contribution in [0.1, 0.15) is 16.2 Å². The van der Waals surface area contributed by atoms with Gasteiger partial charge in [0.1, 0.15) is 11.0 Å². The van der Waals surface area contributed by atoms with E-state index in [4.69, 9.17) is 4.52 Å². The standard InChI is InChI=1S/C15H11N7O2/c23-15(10-2-1-3-11-13(10)20-22-19-11)17-8-12-18-14(21-24-12)9-4-6-16-7-5-9/h1-7H,8H2,(H,17,23)(H,19,20,22). The number of aromatic amines is 1. The Kier molecular flexibility index (Phi) is 3.43. The molecule has 0 unspecified atom stereocenters. The fourth-order valence-electron chi connectivity index (χ4n) is 2.25. The zero-order chi connectivity index (χ0) is 16.4. The Morgan fingerprint density at radius 2 is 2.04 bits per heavy atom. The summed E-state index contributed by atoms with van der Waals surface area (Å²) in [5, 5.41) is 17.1. The first kappa shape index (κ1) is 14.0. The maximum absolute atomic E-state index is 12.3. The predicted octanol–water partition coefficient (Wildman–Crippen LogP) is 1.33. The van der Waals surface area contributed by atoms with Crippen molar-refractivity contribution in [2.24, 2.45) is 0 Å². The first-order chi connectivity index (χ1) is 11.8. The van der Waals surface area contributed by atoms with E-state index in [0.29, 0.717) is 28.3 Å². The fraction of sp³-hybridized carbons (Fsp3) is 0.0667. The van der Waals surface area contributed by atoms with E-state index in [-0.39, 0.29) is 12.5 Å². The van der Waals surface area contributed by atoms with Crippen molar-refractivity contribution in [2.45, 2.75) is 6.54 Å². The molecule has 0 aliphatic heterocycles. The van der Waals surface area contributed by atoms with E-state index in [0.717, 1.165) is 5.56 Å². The van der Waals surface area contributed by atoms with Crippen LogP contribution in [0.4, 0.5) is 0 Å². The highest BCUT2D eigenvalue weighted by Gasteiger charge is 2.14. The lowest BCUT2D eigenvalue weighted by atomic mass is 10.1. The van der Waals surface area contributed by atoms with Crippen LogP contribution in [0.2, 0.25) is 0 Å². The minimum Gasteiger partial charge on any atom is -0.343 e. The van der Waals surface area contributed by atoms with Crippen LogP contribution in [-0.2, 0) is 6.54 Å². The number of carbonyl (C=O) groups excluding carboxylic acids is 1. The summed E-state index contributed by atoms with van der Waals surface area (Å²) in [5.74, 6) is 0.459. The average molecular weight is 321 g/mol. The van der Waals surface area contributed by atoms with Crippen LogP contribution in [-0.4, -0.2) is 36.4 Å². The summed E-state index contributed by atoms with van der Waals surface area (Å²) >= 11 is 0. The lowest BCUT2D eigenvalue weighted by Gasteiger charge is -2.02. The number of aromatic nitrogens is 6. The second-order valence-corrected chi connectivity index (χ2v) is 4.93. The lowest BCUT2D eigenvalue weighted by molar-refractivity contribution is 0.0947. The van der Waals surface area contributed by atoms with Gasteiger partial charge >= 0.3 is 0 Å². The topological polar surface area (TPSA) is 122 Å². The van der Waals surface area contributed by atoms with Crippen LogP contribution in [0.3, 0.4) is 0 Å². The number of fused-ring (bicyclic) bond motifs is 1. The molecule has 0 radical (unpaired) electrons. The Hall–Kier alpha value is -3.62. The minimum atomic E-state index is -0.293. The number of hydrogen-bond acceptors (Lipinski definition) is 7. The number of hydrogen-bond donors (Lipinski definition) is 2. The molecule has 0 spiro atoms. The van der Waals surface area contributed by atoms with Gasteiger partial charge in [0.05, 0.1) is 12.1 Å². The lowest BCUT2D eigenvalue weighted by Crippen LogP contribution is -2.23. The highest BCUT2D eigenvalue weighted by atomic mass is 16.5. The third-order valence-electron chi connectivity index (χ3n) is 3.40. The Labute approximate surface area is 135 Å². The molecular formula is C15H11N7O2. The summed E-state index contributed by atoms with van der Waals surface area (Å²) in [6.07, 6.45) is 3.29. The summed E-state index contributed by atoms with van der Waals surface area (Å²) in [6, 6.07) is 8.75. The van der Waals surface area contributed by atoms with E-state index in [1.165, 1.54) is 0 Å². The first-order valence-electron chi connectivity index (χ1n) is 7.12. The quantitative estimate of drug-likeness (QED) is 0.581. The van der Waals surface area contributed by atoms with Crippen LogP contribution in [0.15, 0.2) is 47.2 Å². The van der Waals surface area contributed by atoms with E-state index in [1.54, 1.807) is 42.7 Å². The number of rotatable bonds is 4.